The summed E-state index contributed by atoms with van der Waals surface area (Å²) in [7, 11) is 0. The van der Waals surface area contributed by atoms with Gasteiger partial charge >= 0.3 is 0 Å². The lowest BCUT2D eigenvalue weighted by Gasteiger charge is -2.18. The first-order valence-corrected chi connectivity index (χ1v) is 6.78. The molecule has 2 aliphatic carbocycles. The third kappa shape index (κ3) is 2.06. The fraction of sp³-hybridized carbons (Fsp3) is 0.286. The molecule has 0 radical (unpaired) electrons. The largest absolute Gasteiger partial charge is 0.461 e. The lowest BCUT2D eigenvalue weighted by Crippen LogP contribution is -2.07. The van der Waals surface area contributed by atoms with Gasteiger partial charge in [-0.25, -0.2) is 4.39 Å². The third-order valence-corrected chi connectivity index (χ3v) is 4.45. The van der Waals surface area contributed by atoms with Crippen LogP contribution in [0.1, 0.15) is 12.8 Å². The molecule has 3 aliphatic rings. The Morgan fingerprint density at radius 3 is 3.22 bits per heavy atom. The molecule has 1 unspecified atom stereocenters. The van der Waals surface area contributed by atoms with Gasteiger partial charge in [0.05, 0.1) is 18.1 Å². The molecule has 94 valence electrons. The van der Waals surface area contributed by atoms with E-state index in [4.69, 9.17) is 9.84 Å². The Hall–Kier alpha value is -1.26. The van der Waals surface area contributed by atoms with E-state index in [0.717, 1.165) is 28.9 Å². The van der Waals surface area contributed by atoms with Crippen molar-refractivity contribution in [3.8, 4) is 0 Å². The molecule has 0 aromatic rings. The Balaban J connectivity index is 1.93. The van der Waals surface area contributed by atoms with Crippen LogP contribution >= 0.6 is 11.8 Å². The summed E-state index contributed by atoms with van der Waals surface area (Å²) in [5, 5.41) is 9.28. The maximum atomic E-state index is 13.7. The first-order valence-electron chi connectivity index (χ1n) is 5.90. The molecular formula is C14H13FO2S. The molecule has 4 heteroatoms. The molecule has 0 spiro atoms. The first kappa shape index (κ1) is 11.8. The highest BCUT2D eigenvalue weighted by Gasteiger charge is 2.26. The van der Waals surface area contributed by atoms with Crippen LogP contribution < -0.4 is 0 Å². The predicted molar refractivity (Wildman–Crippen MR) is 70.3 cm³/mol. The maximum absolute atomic E-state index is 13.7. The summed E-state index contributed by atoms with van der Waals surface area (Å²) in [5.41, 5.74) is 1.81. The van der Waals surface area contributed by atoms with Crippen molar-refractivity contribution in [3.63, 3.8) is 0 Å². The van der Waals surface area contributed by atoms with Crippen molar-refractivity contribution < 1.29 is 14.2 Å². The van der Waals surface area contributed by atoms with Gasteiger partial charge in [0, 0.05) is 10.5 Å². The monoisotopic (exact) mass is 264 g/mol. The van der Waals surface area contributed by atoms with E-state index in [2.05, 4.69) is 0 Å². The molecule has 0 aromatic carbocycles. The van der Waals surface area contributed by atoms with Crippen molar-refractivity contribution >= 4 is 11.8 Å². The number of hydrogen-bond donors (Lipinski definition) is 1. The van der Waals surface area contributed by atoms with E-state index in [1.54, 1.807) is 24.1 Å². The summed E-state index contributed by atoms with van der Waals surface area (Å²) in [6.07, 6.45) is 10.6. The quantitative estimate of drug-likeness (QED) is 0.787. The van der Waals surface area contributed by atoms with E-state index in [1.807, 2.05) is 18.2 Å². The molecule has 1 N–H and O–H groups in total. The Kier molecular flexibility index (Phi) is 3.14. The van der Waals surface area contributed by atoms with E-state index < -0.39 is 0 Å². The average Bonchev–Trinajstić information content (AvgIpc) is 2.57. The van der Waals surface area contributed by atoms with Crippen molar-refractivity contribution in [1.29, 1.82) is 0 Å². The van der Waals surface area contributed by atoms with Gasteiger partial charge in [-0.15, -0.1) is 11.8 Å². The number of aliphatic hydroxyl groups excluding tert-OH is 1. The number of thioether (sulfide) groups is 1. The number of rotatable bonds is 1. The molecule has 3 rings (SSSR count). The number of fused-ring (bicyclic) bond motifs is 1. The maximum Gasteiger partial charge on any atom is 0.171 e. The predicted octanol–water partition coefficient (Wildman–Crippen LogP) is 3.35. The minimum Gasteiger partial charge on any atom is -0.461 e. The summed E-state index contributed by atoms with van der Waals surface area (Å²) in [6, 6.07) is 0. The number of allylic oxidation sites excluding steroid dienone is 4. The summed E-state index contributed by atoms with van der Waals surface area (Å²) < 4.78 is 19.2. The molecule has 0 aromatic heterocycles. The van der Waals surface area contributed by atoms with Gasteiger partial charge in [-0.05, 0) is 30.6 Å². The van der Waals surface area contributed by atoms with Gasteiger partial charge in [0.25, 0.3) is 0 Å². The number of ether oxygens (including phenoxy) is 1. The van der Waals surface area contributed by atoms with Gasteiger partial charge in [-0.2, -0.15) is 0 Å². The van der Waals surface area contributed by atoms with Crippen molar-refractivity contribution in [2.24, 2.45) is 0 Å². The van der Waals surface area contributed by atoms with Crippen molar-refractivity contribution in [2.45, 2.75) is 18.1 Å². The average molecular weight is 264 g/mol. The zero-order valence-corrected chi connectivity index (χ0v) is 10.5. The molecule has 1 atom stereocenters. The molecule has 1 aliphatic heterocycles. The van der Waals surface area contributed by atoms with Crippen molar-refractivity contribution in [2.75, 3.05) is 6.61 Å². The fourth-order valence-corrected chi connectivity index (χ4v) is 3.37. The summed E-state index contributed by atoms with van der Waals surface area (Å²) in [5.74, 6) is 0.0927. The normalized spacial score (nSPS) is 26.3. The SMILES string of the molecule is OCC1=CC2=COC3=C(CCC=C3F)SC2C=C1. The highest BCUT2D eigenvalue weighted by atomic mass is 32.2. The van der Waals surface area contributed by atoms with E-state index in [1.165, 1.54) is 0 Å². The van der Waals surface area contributed by atoms with E-state index in [9.17, 15) is 4.39 Å². The van der Waals surface area contributed by atoms with Gasteiger partial charge in [0.1, 0.15) is 0 Å². The highest BCUT2D eigenvalue weighted by Crippen LogP contribution is 2.42. The van der Waals surface area contributed by atoms with E-state index >= 15 is 0 Å². The molecule has 0 bridgehead atoms. The Bertz CT molecular complexity index is 526. The fourth-order valence-electron chi connectivity index (χ4n) is 2.16. The lowest BCUT2D eigenvalue weighted by atomic mass is 10.0. The summed E-state index contributed by atoms with van der Waals surface area (Å²) in [6.45, 7) is 0.00658. The first-order chi connectivity index (χ1) is 8.78. The van der Waals surface area contributed by atoms with Crippen molar-refractivity contribution in [1.82, 2.24) is 0 Å². The molecule has 0 amide bonds. The second-order valence-corrected chi connectivity index (χ2v) is 5.59. The molecule has 0 fully saturated rings. The molecule has 0 saturated heterocycles. The Morgan fingerprint density at radius 2 is 2.39 bits per heavy atom. The summed E-state index contributed by atoms with van der Waals surface area (Å²) >= 11 is 1.63. The van der Waals surface area contributed by atoms with Crippen LogP contribution in [0.5, 0.6) is 0 Å². The van der Waals surface area contributed by atoms with Gasteiger partial charge in [-0.3, -0.25) is 0 Å². The van der Waals surface area contributed by atoms with Crippen LogP contribution in [-0.4, -0.2) is 17.0 Å². The van der Waals surface area contributed by atoms with Crippen LogP contribution in [0.2, 0.25) is 0 Å². The highest BCUT2D eigenvalue weighted by molar-refractivity contribution is 8.04. The zero-order valence-electron chi connectivity index (χ0n) is 9.73. The van der Waals surface area contributed by atoms with Crippen LogP contribution in [0.4, 0.5) is 4.39 Å². The molecule has 1 heterocycles. The third-order valence-electron chi connectivity index (χ3n) is 3.10. The van der Waals surface area contributed by atoms with Crippen molar-refractivity contribution in [3.05, 3.63) is 58.2 Å². The van der Waals surface area contributed by atoms with Crippen LogP contribution in [0.25, 0.3) is 0 Å². The second kappa shape index (κ2) is 4.78. The standard InChI is InChI=1S/C14H13FO2S/c15-11-2-1-3-13-14(11)17-8-10-6-9(7-16)4-5-12(10)18-13/h2,4-6,8,12,16H,1,3,7H2. The minimum atomic E-state index is -0.269. The Labute approximate surface area is 109 Å². The van der Waals surface area contributed by atoms with Crippen LogP contribution in [0.15, 0.2) is 58.2 Å². The number of halogens is 1. The van der Waals surface area contributed by atoms with Crippen LogP contribution in [-0.2, 0) is 4.74 Å². The molecule has 18 heavy (non-hydrogen) atoms. The van der Waals surface area contributed by atoms with Gasteiger partial charge in [0.15, 0.2) is 11.6 Å². The van der Waals surface area contributed by atoms with Crippen LogP contribution in [0, 0.1) is 0 Å². The molecule has 2 nitrogen and oxygen atoms in total. The van der Waals surface area contributed by atoms with Gasteiger partial charge in [-0.1, -0.05) is 12.2 Å². The number of hydrogen-bond acceptors (Lipinski definition) is 3. The molecule has 0 saturated carbocycles. The lowest BCUT2D eigenvalue weighted by molar-refractivity contribution is 0.327. The smallest absolute Gasteiger partial charge is 0.171 e. The van der Waals surface area contributed by atoms with Crippen LogP contribution in [0.3, 0.4) is 0 Å². The minimum absolute atomic E-state index is 0.00658. The van der Waals surface area contributed by atoms with E-state index in [0.29, 0.717) is 5.76 Å². The topological polar surface area (TPSA) is 29.5 Å². The molecular weight excluding hydrogens is 251 g/mol. The summed E-state index contributed by atoms with van der Waals surface area (Å²) in [4.78, 5) is 0.969. The number of aliphatic hydroxyl groups is 1. The van der Waals surface area contributed by atoms with E-state index in [-0.39, 0.29) is 17.7 Å². The van der Waals surface area contributed by atoms with Gasteiger partial charge in [0.2, 0.25) is 0 Å². The van der Waals surface area contributed by atoms with Gasteiger partial charge < -0.3 is 9.84 Å². The Morgan fingerprint density at radius 1 is 1.50 bits per heavy atom. The second-order valence-electron chi connectivity index (χ2n) is 4.35. The zero-order chi connectivity index (χ0) is 12.5.